The Morgan fingerprint density at radius 3 is 3.14 bits per heavy atom. The molecule has 0 amide bonds. The van der Waals surface area contributed by atoms with Gasteiger partial charge in [0.05, 0.1) is 0 Å². The average molecular weight is 203 g/mol. The van der Waals surface area contributed by atoms with Gasteiger partial charge in [0.2, 0.25) is 0 Å². The van der Waals surface area contributed by atoms with E-state index in [4.69, 9.17) is 0 Å². The van der Waals surface area contributed by atoms with Crippen molar-refractivity contribution >= 4 is 17.4 Å². The van der Waals surface area contributed by atoms with E-state index >= 15 is 0 Å². The third kappa shape index (κ3) is 1.17. The van der Waals surface area contributed by atoms with Gasteiger partial charge in [-0.05, 0) is 29.9 Å². The molecule has 1 aromatic carbocycles. The van der Waals surface area contributed by atoms with Gasteiger partial charge < -0.3 is 4.90 Å². The van der Waals surface area contributed by atoms with Crippen LogP contribution in [0.2, 0.25) is 0 Å². The smallest absolute Gasteiger partial charge is 0.0471 e. The molecular formula is C12H13NS. The second-order valence-corrected chi connectivity index (χ2v) is 5.21. The third-order valence-corrected chi connectivity index (χ3v) is 4.06. The summed E-state index contributed by atoms with van der Waals surface area (Å²) in [4.78, 5) is 3.87. The maximum absolute atomic E-state index is 2.45. The number of rotatable bonds is 0. The van der Waals surface area contributed by atoms with Gasteiger partial charge in [0.15, 0.2) is 0 Å². The molecule has 2 heterocycles. The lowest BCUT2D eigenvalue weighted by Gasteiger charge is -2.28. The van der Waals surface area contributed by atoms with E-state index in [9.17, 15) is 0 Å². The van der Waals surface area contributed by atoms with Crippen molar-refractivity contribution in [3.05, 3.63) is 40.9 Å². The van der Waals surface area contributed by atoms with Gasteiger partial charge >= 0.3 is 0 Å². The second-order valence-electron chi connectivity index (χ2n) is 3.94. The van der Waals surface area contributed by atoms with Gasteiger partial charge in [-0.2, -0.15) is 0 Å². The molecule has 0 saturated heterocycles. The van der Waals surface area contributed by atoms with Crippen LogP contribution in [0.5, 0.6) is 0 Å². The summed E-state index contributed by atoms with van der Waals surface area (Å²) in [6.07, 6.45) is 3.51. The Bertz CT molecular complexity index is 397. The molecule has 72 valence electrons. The van der Waals surface area contributed by atoms with Crippen LogP contribution in [0.4, 0.5) is 5.69 Å². The quantitative estimate of drug-likeness (QED) is 0.637. The molecule has 0 aromatic heterocycles. The summed E-state index contributed by atoms with van der Waals surface area (Å²) in [7, 11) is 0. The minimum Gasteiger partial charge on any atom is -0.343 e. The summed E-state index contributed by atoms with van der Waals surface area (Å²) in [6, 6.07) is 9.45. The van der Waals surface area contributed by atoms with E-state index in [1.165, 1.54) is 28.3 Å². The zero-order valence-corrected chi connectivity index (χ0v) is 9.05. The summed E-state index contributed by atoms with van der Waals surface area (Å²) >= 11 is 1.98. The van der Waals surface area contributed by atoms with Gasteiger partial charge in [-0.15, -0.1) is 11.8 Å². The monoisotopic (exact) mass is 203 g/mol. The fraction of sp³-hybridized carbons (Fsp3) is 0.333. The van der Waals surface area contributed by atoms with Crippen LogP contribution in [0.1, 0.15) is 12.5 Å². The Balaban J connectivity index is 2.07. The predicted octanol–water partition coefficient (Wildman–Crippen LogP) is 3.03. The lowest BCUT2D eigenvalue weighted by atomic mass is 10.1. The highest BCUT2D eigenvalue weighted by Crippen LogP contribution is 2.38. The van der Waals surface area contributed by atoms with Crippen molar-refractivity contribution in [2.24, 2.45) is 0 Å². The fourth-order valence-corrected chi connectivity index (χ4v) is 3.18. The molecule has 1 aromatic rings. The van der Waals surface area contributed by atoms with Crippen molar-refractivity contribution in [2.75, 3.05) is 10.7 Å². The van der Waals surface area contributed by atoms with E-state index in [0.29, 0.717) is 6.04 Å². The zero-order chi connectivity index (χ0) is 9.54. The summed E-state index contributed by atoms with van der Waals surface area (Å²) in [6.45, 7) is 2.20. The SMILES string of the molecule is CC1=CN2c3ccccc3CC2CS1. The summed E-state index contributed by atoms with van der Waals surface area (Å²) in [5.74, 6) is 1.23. The lowest BCUT2D eigenvalue weighted by Crippen LogP contribution is -2.31. The first-order chi connectivity index (χ1) is 6.84. The van der Waals surface area contributed by atoms with Crippen molar-refractivity contribution in [3.63, 3.8) is 0 Å². The zero-order valence-electron chi connectivity index (χ0n) is 8.23. The largest absolute Gasteiger partial charge is 0.343 e. The van der Waals surface area contributed by atoms with E-state index in [1.807, 2.05) is 11.8 Å². The number of benzene rings is 1. The molecule has 0 spiro atoms. The highest BCUT2D eigenvalue weighted by molar-refractivity contribution is 8.03. The van der Waals surface area contributed by atoms with Crippen LogP contribution >= 0.6 is 11.8 Å². The number of nitrogens with zero attached hydrogens (tertiary/aromatic N) is 1. The Kier molecular flexibility index (Phi) is 1.84. The molecule has 0 saturated carbocycles. The van der Waals surface area contributed by atoms with Gasteiger partial charge in [0.1, 0.15) is 0 Å². The van der Waals surface area contributed by atoms with Crippen molar-refractivity contribution < 1.29 is 0 Å². The van der Waals surface area contributed by atoms with Gasteiger partial charge in [-0.1, -0.05) is 18.2 Å². The third-order valence-electron chi connectivity index (χ3n) is 2.94. The normalized spacial score (nSPS) is 24.2. The number of anilines is 1. The molecule has 0 bridgehead atoms. The predicted molar refractivity (Wildman–Crippen MR) is 62.6 cm³/mol. The Morgan fingerprint density at radius 1 is 1.36 bits per heavy atom. The number of thioether (sulfide) groups is 1. The molecule has 1 atom stereocenters. The summed E-state index contributed by atoms with van der Waals surface area (Å²) in [5, 5.41) is 0. The molecule has 0 radical (unpaired) electrons. The topological polar surface area (TPSA) is 3.24 Å². The highest BCUT2D eigenvalue weighted by Gasteiger charge is 2.29. The van der Waals surface area contributed by atoms with E-state index in [-0.39, 0.29) is 0 Å². The van der Waals surface area contributed by atoms with Crippen molar-refractivity contribution in [2.45, 2.75) is 19.4 Å². The van der Waals surface area contributed by atoms with E-state index < -0.39 is 0 Å². The molecule has 1 unspecified atom stereocenters. The Morgan fingerprint density at radius 2 is 2.21 bits per heavy atom. The fourth-order valence-electron chi connectivity index (χ4n) is 2.26. The molecular weight excluding hydrogens is 190 g/mol. The highest BCUT2D eigenvalue weighted by atomic mass is 32.2. The molecule has 0 aliphatic carbocycles. The average Bonchev–Trinajstić information content (AvgIpc) is 2.56. The second kappa shape index (κ2) is 3.06. The maximum Gasteiger partial charge on any atom is 0.0471 e. The van der Waals surface area contributed by atoms with Gasteiger partial charge in [-0.25, -0.2) is 0 Å². The number of hydrogen-bond acceptors (Lipinski definition) is 2. The van der Waals surface area contributed by atoms with Gasteiger partial charge in [-0.3, -0.25) is 0 Å². The van der Waals surface area contributed by atoms with Crippen molar-refractivity contribution in [1.29, 1.82) is 0 Å². The summed E-state index contributed by atoms with van der Waals surface area (Å²) in [5.41, 5.74) is 2.92. The first-order valence-electron chi connectivity index (χ1n) is 5.02. The van der Waals surface area contributed by atoms with Crippen LogP contribution in [-0.2, 0) is 6.42 Å². The first-order valence-corrected chi connectivity index (χ1v) is 6.00. The van der Waals surface area contributed by atoms with Crippen LogP contribution in [0.25, 0.3) is 0 Å². The van der Waals surface area contributed by atoms with E-state index in [0.717, 1.165) is 0 Å². The molecule has 0 N–H and O–H groups in total. The Labute approximate surface area is 88.8 Å². The van der Waals surface area contributed by atoms with Crippen LogP contribution < -0.4 is 4.90 Å². The van der Waals surface area contributed by atoms with Gasteiger partial charge in [0, 0.05) is 23.7 Å². The van der Waals surface area contributed by atoms with Crippen LogP contribution in [0, 0.1) is 0 Å². The Hall–Kier alpha value is -0.890. The molecule has 2 heteroatoms. The van der Waals surface area contributed by atoms with Crippen molar-refractivity contribution in [1.82, 2.24) is 0 Å². The van der Waals surface area contributed by atoms with Crippen LogP contribution in [-0.4, -0.2) is 11.8 Å². The van der Waals surface area contributed by atoms with Gasteiger partial charge in [0.25, 0.3) is 0 Å². The minimum absolute atomic E-state index is 0.695. The maximum atomic E-state index is 2.45. The number of fused-ring (bicyclic) bond motifs is 3. The summed E-state index contributed by atoms with van der Waals surface area (Å²) < 4.78 is 0. The minimum atomic E-state index is 0.695. The number of para-hydroxylation sites is 1. The lowest BCUT2D eigenvalue weighted by molar-refractivity contribution is 0.758. The molecule has 0 fully saturated rings. The molecule has 1 nitrogen and oxygen atoms in total. The van der Waals surface area contributed by atoms with Crippen molar-refractivity contribution in [3.8, 4) is 0 Å². The standard InChI is InChI=1S/C12H13NS/c1-9-7-13-11(8-14-9)6-10-4-2-3-5-12(10)13/h2-5,7,11H,6,8H2,1H3. The molecule has 14 heavy (non-hydrogen) atoms. The van der Waals surface area contributed by atoms with E-state index in [1.54, 1.807) is 0 Å². The number of hydrogen-bond donors (Lipinski definition) is 0. The molecule has 3 rings (SSSR count). The first kappa shape index (κ1) is 8.42. The van der Waals surface area contributed by atoms with Crippen LogP contribution in [0.15, 0.2) is 35.4 Å². The molecule has 2 aliphatic heterocycles. The molecule has 2 aliphatic rings. The van der Waals surface area contributed by atoms with Crippen LogP contribution in [0.3, 0.4) is 0 Å². The number of allylic oxidation sites excluding steroid dienone is 1. The van der Waals surface area contributed by atoms with E-state index in [2.05, 4.69) is 42.3 Å².